The zero-order valence-electron chi connectivity index (χ0n) is 25.1. The number of rotatable bonds is 20. The van der Waals surface area contributed by atoms with Gasteiger partial charge in [-0.1, -0.05) is 115 Å². The molecule has 3 rings (SSSR count). The topological polar surface area (TPSA) is 107 Å². The number of hydrogen-bond donors (Lipinski definition) is 2. The summed E-state index contributed by atoms with van der Waals surface area (Å²) < 4.78 is 6.09. The maximum Gasteiger partial charge on any atom is 0.269 e. The lowest BCUT2D eigenvalue weighted by Gasteiger charge is -2.16. The van der Waals surface area contributed by atoms with Crippen LogP contribution < -0.4 is 16.0 Å². The van der Waals surface area contributed by atoms with Crippen molar-refractivity contribution in [2.45, 2.75) is 96.8 Å². The molecular weight excluding hydrogens is 526 g/mol. The third kappa shape index (κ3) is 10.6. The van der Waals surface area contributed by atoms with Gasteiger partial charge in [-0.3, -0.25) is 20.3 Å². The molecule has 226 valence electrons. The van der Waals surface area contributed by atoms with Crippen molar-refractivity contribution in [2.24, 2.45) is 5.84 Å². The average molecular weight is 574 g/mol. The van der Waals surface area contributed by atoms with Crippen molar-refractivity contribution < 1.29 is 14.5 Å². The monoisotopic (exact) mass is 573 g/mol. The third-order valence-electron chi connectivity index (χ3n) is 7.72. The molecule has 0 radical (unpaired) electrons. The van der Waals surface area contributed by atoms with Gasteiger partial charge in [-0.2, -0.15) is 0 Å². The number of non-ortho nitro benzene ring substituents is 1. The first-order valence-corrected chi connectivity index (χ1v) is 15.7. The van der Waals surface area contributed by atoms with Gasteiger partial charge in [0.05, 0.1) is 11.5 Å². The van der Waals surface area contributed by atoms with Crippen LogP contribution in [0, 0.1) is 10.1 Å². The molecule has 0 fully saturated rings. The molecule has 3 aromatic rings. The van der Waals surface area contributed by atoms with Crippen LogP contribution >= 0.6 is 0 Å². The molecule has 0 aromatic heterocycles. The van der Waals surface area contributed by atoms with Crippen molar-refractivity contribution >= 4 is 11.6 Å². The molecule has 0 aliphatic carbocycles. The minimum Gasteiger partial charge on any atom is -0.494 e. The molecular formula is C35H47N3O4. The van der Waals surface area contributed by atoms with Gasteiger partial charge in [0, 0.05) is 23.3 Å². The number of nitro groups is 1. The highest BCUT2D eigenvalue weighted by Gasteiger charge is 2.18. The quantitative estimate of drug-likeness (QED) is 0.0460. The SMILES string of the molecule is CCCCCCCCCCCCCCCCOc1cccc(-c2cccc(C(=O)NN)c2-c2ccc([N+](=O)[O-])cc2)c1. The van der Waals surface area contributed by atoms with Crippen LogP contribution in [0.15, 0.2) is 66.7 Å². The Kier molecular flexibility index (Phi) is 14.6. The molecule has 0 heterocycles. The Hall–Kier alpha value is -3.71. The van der Waals surface area contributed by atoms with Crippen molar-refractivity contribution in [3.8, 4) is 28.0 Å². The fourth-order valence-electron chi connectivity index (χ4n) is 5.36. The van der Waals surface area contributed by atoms with Gasteiger partial charge in [-0.05, 0) is 53.4 Å². The second-order valence-electron chi connectivity index (χ2n) is 11.0. The van der Waals surface area contributed by atoms with Crippen LogP contribution in [0.2, 0.25) is 0 Å². The number of benzene rings is 3. The number of nitrogens with zero attached hydrogens (tertiary/aromatic N) is 1. The summed E-state index contributed by atoms with van der Waals surface area (Å²) in [5.41, 5.74) is 5.61. The van der Waals surface area contributed by atoms with Gasteiger partial charge in [0.25, 0.3) is 11.6 Å². The minimum atomic E-state index is -0.442. The van der Waals surface area contributed by atoms with Crippen LogP contribution in [0.4, 0.5) is 5.69 Å². The third-order valence-corrected chi connectivity index (χ3v) is 7.72. The lowest BCUT2D eigenvalue weighted by atomic mass is 9.90. The van der Waals surface area contributed by atoms with Crippen LogP contribution in [0.5, 0.6) is 5.75 Å². The maximum atomic E-state index is 12.6. The Morgan fingerprint density at radius 1 is 0.762 bits per heavy atom. The van der Waals surface area contributed by atoms with Crippen molar-refractivity contribution in [2.75, 3.05) is 6.61 Å². The normalized spacial score (nSPS) is 10.9. The molecule has 1 amide bonds. The number of carbonyl (C=O) groups excluding carboxylic acids is 1. The summed E-state index contributed by atoms with van der Waals surface area (Å²) in [5.74, 6) is 5.80. The number of hydrazine groups is 1. The van der Waals surface area contributed by atoms with E-state index in [9.17, 15) is 14.9 Å². The second-order valence-corrected chi connectivity index (χ2v) is 11.0. The Labute approximate surface area is 251 Å². The molecule has 0 bridgehead atoms. The molecule has 0 aliphatic rings. The lowest BCUT2D eigenvalue weighted by molar-refractivity contribution is -0.384. The van der Waals surface area contributed by atoms with E-state index in [1.54, 1.807) is 24.3 Å². The first-order chi connectivity index (χ1) is 20.5. The number of amides is 1. The summed E-state index contributed by atoms with van der Waals surface area (Å²) in [6, 6.07) is 19.4. The van der Waals surface area contributed by atoms with Crippen LogP contribution in [-0.4, -0.2) is 17.4 Å². The second kappa shape index (κ2) is 18.7. The van der Waals surface area contributed by atoms with Crippen molar-refractivity contribution in [3.63, 3.8) is 0 Å². The Morgan fingerprint density at radius 3 is 1.90 bits per heavy atom. The standard InChI is InChI=1S/C35H47N3O4/c1-2-3-4-5-6-7-8-9-10-11-12-13-14-15-26-42-31-19-16-18-29(27-31)32-20-17-21-33(35(39)37-36)34(32)28-22-24-30(25-23-28)38(40)41/h16-25,27H,2-15,26,36H2,1H3,(H,37,39). The molecule has 0 unspecified atom stereocenters. The van der Waals surface area contributed by atoms with Gasteiger partial charge in [0.15, 0.2) is 0 Å². The van der Waals surface area contributed by atoms with Gasteiger partial charge in [-0.15, -0.1) is 0 Å². The minimum absolute atomic E-state index is 0.0139. The summed E-state index contributed by atoms with van der Waals surface area (Å²) in [4.78, 5) is 23.3. The Balaban J connectivity index is 1.50. The Morgan fingerprint density at radius 2 is 1.33 bits per heavy atom. The van der Waals surface area contributed by atoms with E-state index in [4.69, 9.17) is 10.6 Å². The maximum absolute atomic E-state index is 12.6. The zero-order chi connectivity index (χ0) is 30.0. The highest BCUT2D eigenvalue weighted by atomic mass is 16.6. The summed E-state index contributed by atoms with van der Waals surface area (Å²) in [7, 11) is 0. The summed E-state index contributed by atoms with van der Waals surface area (Å²) in [5, 5.41) is 11.2. The lowest BCUT2D eigenvalue weighted by Crippen LogP contribution is -2.30. The van der Waals surface area contributed by atoms with Gasteiger partial charge in [0.1, 0.15) is 5.75 Å². The molecule has 3 N–H and O–H groups in total. The number of nitrogen functional groups attached to an aromatic ring is 1. The number of hydrogen-bond acceptors (Lipinski definition) is 5. The molecule has 0 saturated heterocycles. The predicted octanol–water partition coefficient (Wildman–Crippen LogP) is 9.39. The Bertz CT molecular complexity index is 1240. The van der Waals surface area contributed by atoms with Gasteiger partial charge < -0.3 is 4.74 Å². The molecule has 0 aliphatic heterocycles. The smallest absolute Gasteiger partial charge is 0.269 e. The summed E-state index contributed by atoms with van der Waals surface area (Å²) in [6.07, 6.45) is 18.5. The number of carbonyl (C=O) groups is 1. The van der Waals surface area contributed by atoms with Crippen LogP contribution in [0.1, 0.15) is 107 Å². The van der Waals surface area contributed by atoms with Crippen LogP contribution in [0.25, 0.3) is 22.3 Å². The first-order valence-electron chi connectivity index (χ1n) is 15.7. The number of nitrogens with two attached hydrogens (primary N) is 1. The highest BCUT2D eigenvalue weighted by molar-refractivity contribution is 6.04. The average Bonchev–Trinajstić information content (AvgIpc) is 3.02. The fourth-order valence-corrected chi connectivity index (χ4v) is 5.36. The first kappa shape index (κ1) is 32.8. The highest BCUT2D eigenvalue weighted by Crippen LogP contribution is 2.37. The van der Waals surface area contributed by atoms with E-state index in [-0.39, 0.29) is 5.69 Å². The van der Waals surface area contributed by atoms with Crippen molar-refractivity contribution in [1.29, 1.82) is 0 Å². The van der Waals surface area contributed by atoms with Crippen molar-refractivity contribution in [1.82, 2.24) is 5.43 Å². The van der Waals surface area contributed by atoms with Crippen molar-refractivity contribution in [3.05, 3.63) is 82.4 Å². The molecule has 7 heteroatoms. The van der Waals surface area contributed by atoms with Gasteiger partial charge in [-0.25, -0.2) is 5.84 Å². The zero-order valence-corrected chi connectivity index (χ0v) is 25.1. The van der Waals surface area contributed by atoms with E-state index >= 15 is 0 Å². The molecule has 3 aromatic carbocycles. The molecule has 0 saturated carbocycles. The van der Waals surface area contributed by atoms with E-state index in [2.05, 4.69) is 12.3 Å². The van der Waals surface area contributed by atoms with Crippen LogP contribution in [0.3, 0.4) is 0 Å². The van der Waals surface area contributed by atoms with E-state index in [1.807, 2.05) is 30.3 Å². The molecule has 42 heavy (non-hydrogen) atoms. The van der Waals surface area contributed by atoms with Gasteiger partial charge in [0.2, 0.25) is 0 Å². The van der Waals surface area contributed by atoms with Crippen LogP contribution in [-0.2, 0) is 0 Å². The number of nitrogens with one attached hydrogen (secondary N) is 1. The molecule has 0 atom stereocenters. The van der Waals surface area contributed by atoms with Gasteiger partial charge >= 0.3 is 0 Å². The number of ether oxygens (including phenoxy) is 1. The molecule has 7 nitrogen and oxygen atoms in total. The molecule has 0 spiro atoms. The largest absolute Gasteiger partial charge is 0.494 e. The van der Waals surface area contributed by atoms with E-state index in [0.29, 0.717) is 23.3 Å². The number of nitro benzene ring substituents is 1. The summed E-state index contributed by atoms with van der Waals surface area (Å²) >= 11 is 0. The summed E-state index contributed by atoms with van der Waals surface area (Å²) in [6.45, 7) is 2.93. The van der Waals surface area contributed by atoms with E-state index in [0.717, 1.165) is 29.7 Å². The van der Waals surface area contributed by atoms with E-state index in [1.165, 1.54) is 89.2 Å². The predicted molar refractivity (Wildman–Crippen MR) is 171 cm³/mol. The van der Waals surface area contributed by atoms with E-state index < -0.39 is 10.8 Å². The fraction of sp³-hybridized carbons (Fsp3) is 0.457. The number of unbranched alkanes of at least 4 members (excludes halogenated alkanes) is 13.